The lowest BCUT2D eigenvalue weighted by atomic mass is 10.0. The number of likely N-dealkylation sites (tertiary alicyclic amines) is 1. The highest BCUT2D eigenvalue weighted by atomic mass is 16.5. The molecule has 27 heavy (non-hydrogen) atoms. The Balaban J connectivity index is 1.65. The molecule has 3 heterocycles. The van der Waals surface area contributed by atoms with Crippen LogP contribution < -0.4 is 15.5 Å². The van der Waals surface area contributed by atoms with Gasteiger partial charge in [-0.15, -0.1) is 0 Å². The molecule has 0 radical (unpaired) electrons. The molecular formula is C20H31N3O4. The van der Waals surface area contributed by atoms with Crippen LogP contribution in [0.25, 0.3) is 0 Å². The Labute approximate surface area is 160 Å². The third-order valence-corrected chi connectivity index (χ3v) is 5.48. The van der Waals surface area contributed by atoms with E-state index in [4.69, 9.17) is 9.47 Å². The fourth-order valence-electron chi connectivity index (χ4n) is 3.80. The molecule has 1 aromatic rings. The Morgan fingerprint density at radius 2 is 2.00 bits per heavy atom. The lowest BCUT2D eigenvalue weighted by molar-refractivity contribution is -0.122. The van der Waals surface area contributed by atoms with Crippen molar-refractivity contribution in [3.05, 3.63) is 28.2 Å². The number of hydrogen-bond donors (Lipinski definition) is 1. The highest BCUT2D eigenvalue weighted by Crippen LogP contribution is 2.15. The number of pyridine rings is 1. The number of nitrogens with zero attached hydrogens (tertiary/aromatic N) is 2. The van der Waals surface area contributed by atoms with Crippen molar-refractivity contribution in [1.29, 1.82) is 0 Å². The standard InChI is InChI=1S/C20H31N3O4/c1-26-19-14-23(15-20(25)21-12-16-5-9-27-10-6-16)17(11-18(19)24)13-22-7-3-2-4-8-22/h11,14,16H,2-10,12-13,15H2,1H3,(H,21,25). The van der Waals surface area contributed by atoms with Crippen molar-refractivity contribution < 1.29 is 14.3 Å². The largest absolute Gasteiger partial charge is 0.491 e. The highest BCUT2D eigenvalue weighted by Gasteiger charge is 2.17. The molecule has 2 aliphatic heterocycles. The predicted molar refractivity (Wildman–Crippen MR) is 103 cm³/mol. The second kappa shape index (κ2) is 9.90. The molecule has 2 aliphatic rings. The van der Waals surface area contributed by atoms with E-state index in [9.17, 15) is 9.59 Å². The van der Waals surface area contributed by atoms with Gasteiger partial charge in [-0.05, 0) is 44.7 Å². The monoisotopic (exact) mass is 377 g/mol. The Bertz CT molecular complexity index is 676. The van der Waals surface area contributed by atoms with Gasteiger partial charge in [-0.1, -0.05) is 6.42 Å². The number of nitrogens with one attached hydrogen (secondary N) is 1. The summed E-state index contributed by atoms with van der Waals surface area (Å²) in [6, 6.07) is 1.61. The molecule has 1 amide bonds. The summed E-state index contributed by atoms with van der Waals surface area (Å²) in [7, 11) is 1.48. The average Bonchev–Trinajstić information content (AvgIpc) is 2.70. The first-order valence-corrected chi connectivity index (χ1v) is 10.00. The van der Waals surface area contributed by atoms with E-state index in [0.717, 1.165) is 44.8 Å². The molecule has 0 aliphatic carbocycles. The molecular weight excluding hydrogens is 346 g/mol. The van der Waals surface area contributed by atoms with Crippen LogP contribution in [0.15, 0.2) is 17.1 Å². The van der Waals surface area contributed by atoms with Crippen LogP contribution in [-0.2, 0) is 22.6 Å². The fraction of sp³-hybridized carbons (Fsp3) is 0.700. The summed E-state index contributed by atoms with van der Waals surface area (Å²) < 4.78 is 12.4. The van der Waals surface area contributed by atoms with Crippen LogP contribution in [0.4, 0.5) is 0 Å². The van der Waals surface area contributed by atoms with E-state index in [1.807, 2.05) is 4.57 Å². The normalized spacial score (nSPS) is 19.0. The molecule has 0 unspecified atom stereocenters. The van der Waals surface area contributed by atoms with E-state index in [0.29, 0.717) is 19.0 Å². The van der Waals surface area contributed by atoms with Gasteiger partial charge in [0.1, 0.15) is 6.54 Å². The molecule has 150 valence electrons. The third kappa shape index (κ3) is 5.81. The van der Waals surface area contributed by atoms with E-state index in [-0.39, 0.29) is 23.6 Å². The molecule has 0 saturated carbocycles. The van der Waals surface area contributed by atoms with E-state index in [2.05, 4.69) is 10.2 Å². The topological polar surface area (TPSA) is 72.8 Å². The number of hydrogen-bond acceptors (Lipinski definition) is 5. The summed E-state index contributed by atoms with van der Waals surface area (Å²) >= 11 is 0. The average molecular weight is 377 g/mol. The summed E-state index contributed by atoms with van der Waals surface area (Å²) in [5.74, 6) is 0.723. The van der Waals surface area contributed by atoms with Crippen molar-refractivity contribution in [3.8, 4) is 5.75 Å². The maximum absolute atomic E-state index is 12.5. The number of ether oxygens (including phenoxy) is 2. The number of piperidine rings is 1. The SMILES string of the molecule is COc1cn(CC(=O)NCC2CCOCC2)c(CN2CCCCC2)cc1=O. The molecule has 0 bridgehead atoms. The molecule has 7 heteroatoms. The van der Waals surface area contributed by atoms with Crippen LogP contribution in [-0.4, -0.2) is 55.3 Å². The van der Waals surface area contributed by atoms with Crippen molar-refractivity contribution in [1.82, 2.24) is 14.8 Å². The molecule has 2 saturated heterocycles. The second-order valence-corrected chi connectivity index (χ2v) is 7.52. The molecule has 1 N–H and O–H groups in total. The molecule has 2 fully saturated rings. The summed E-state index contributed by atoms with van der Waals surface area (Å²) in [4.78, 5) is 27.1. The Kier molecular flexibility index (Phi) is 7.29. The van der Waals surface area contributed by atoms with Crippen molar-refractivity contribution >= 4 is 5.91 Å². The van der Waals surface area contributed by atoms with Crippen molar-refractivity contribution in [2.24, 2.45) is 5.92 Å². The van der Waals surface area contributed by atoms with Crippen LogP contribution in [0.1, 0.15) is 37.8 Å². The first kappa shape index (κ1) is 19.9. The zero-order valence-corrected chi connectivity index (χ0v) is 16.2. The van der Waals surface area contributed by atoms with E-state index >= 15 is 0 Å². The quantitative estimate of drug-likeness (QED) is 0.777. The van der Waals surface area contributed by atoms with Gasteiger partial charge in [0.25, 0.3) is 0 Å². The van der Waals surface area contributed by atoms with Gasteiger partial charge in [0.15, 0.2) is 5.75 Å². The number of aromatic nitrogens is 1. The second-order valence-electron chi connectivity index (χ2n) is 7.52. The molecule has 0 aromatic carbocycles. The lowest BCUT2D eigenvalue weighted by Crippen LogP contribution is -2.36. The lowest BCUT2D eigenvalue weighted by Gasteiger charge is -2.28. The van der Waals surface area contributed by atoms with Crippen LogP contribution in [0.2, 0.25) is 0 Å². The zero-order valence-electron chi connectivity index (χ0n) is 16.2. The molecule has 7 nitrogen and oxygen atoms in total. The molecule has 0 spiro atoms. The maximum atomic E-state index is 12.5. The van der Waals surface area contributed by atoms with Crippen LogP contribution >= 0.6 is 0 Å². The van der Waals surface area contributed by atoms with Gasteiger partial charge in [-0.25, -0.2) is 0 Å². The van der Waals surface area contributed by atoms with Crippen molar-refractivity contribution in [3.63, 3.8) is 0 Å². The number of methoxy groups -OCH3 is 1. The van der Waals surface area contributed by atoms with Crippen molar-refractivity contribution in [2.75, 3.05) is 40.0 Å². The number of carbonyl (C=O) groups is 1. The minimum Gasteiger partial charge on any atom is -0.491 e. The summed E-state index contributed by atoms with van der Waals surface area (Å²) in [5.41, 5.74) is 0.729. The van der Waals surface area contributed by atoms with Gasteiger partial charge < -0.3 is 19.4 Å². The number of amides is 1. The van der Waals surface area contributed by atoms with Crippen molar-refractivity contribution in [2.45, 2.75) is 45.2 Å². The van der Waals surface area contributed by atoms with E-state index in [1.54, 1.807) is 12.3 Å². The fourth-order valence-corrected chi connectivity index (χ4v) is 3.80. The Hall–Kier alpha value is -1.86. The molecule has 1 aromatic heterocycles. The number of carbonyl (C=O) groups excluding carboxylic acids is 1. The molecule has 0 atom stereocenters. The minimum absolute atomic E-state index is 0.0351. The van der Waals surface area contributed by atoms with Crippen LogP contribution in [0, 0.1) is 5.92 Å². The third-order valence-electron chi connectivity index (χ3n) is 5.48. The predicted octanol–water partition coefficient (Wildman–Crippen LogP) is 1.39. The maximum Gasteiger partial charge on any atom is 0.239 e. The minimum atomic E-state index is -0.136. The number of rotatable bonds is 7. The van der Waals surface area contributed by atoms with Gasteiger partial charge in [-0.2, -0.15) is 0 Å². The summed E-state index contributed by atoms with van der Waals surface area (Å²) in [6.07, 6.45) is 7.28. The van der Waals surface area contributed by atoms with Crippen LogP contribution in [0.5, 0.6) is 5.75 Å². The summed E-state index contributed by atoms with van der Waals surface area (Å²) in [5, 5.41) is 3.04. The Morgan fingerprint density at radius 1 is 1.26 bits per heavy atom. The van der Waals surface area contributed by atoms with Gasteiger partial charge in [0.05, 0.1) is 13.3 Å². The first-order valence-electron chi connectivity index (χ1n) is 10.00. The smallest absolute Gasteiger partial charge is 0.239 e. The van der Waals surface area contributed by atoms with Gasteiger partial charge >= 0.3 is 0 Å². The molecule has 3 rings (SSSR count). The van der Waals surface area contributed by atoms with Gasteiger partial charge in [-0.3, -0.25) is 14.5 Å². The van der Waals surface area contributed by atoms with E-state index < -0.39 is 0 Å². The van der Waals surface area contributed by atoms with Gasteiger partial charge in [0, 0.05) is 38.1 Å². The summed E-state index contributed by atoms with van der Waals surface area (Å²) in [6.45, 7) is 5.19. The van der Waals surface area contributed by atoms with Gasteiger partial charge in [0.2, 0.25) is 11.3 Å². The zero-order chi connectivity index (χ0) is 19.1. The van der Waals surface area contributed by atoms with E-state index in [1.165, 1.54) is 26.4 Å². The Morgan fingerprint density at radius 3 is 2.70 bits per heavy atom. The highest BCUT2D eigenvalue weighted by molar-refractivity contribution is 5.75. The first-order chi connectivity index (χ1) is 13.2. The van der Waals surface area contributed by atoms with Crippen LogP contribution in [0.3, 0.4) is 0 Å².